The number of fused-ring (bicyclic) bond motifs is 10. The van der Waals surface area contributed by atoms with Crippen molar-refractivity contribution in [2.75, 3.05) is 4.90 Å². The molecule has 3 nitrogen and oxygen atoms in total. The molecule has 0 saturated heterocycles. The molecule has 0 saturated carbocycles. The zero-order valence-electron chi connectivity index (χ0n) is 33.5. The number of rotatable bonds is 6. The molecule has 0 amide bonds. The van der Waals surface area contributed by atoms with Crippen LogP contribution >= 0.6 is 11.3 Å². The fourth-order valence-electron chi connectivity index (χ4n) is 9.75. The first kappa shape index (κ1) is 34.9. The van der Waals surface area contributed by atoms with Crippen molar-refractivity contribution >= 4 is 103 Å². The Labute approximate surface area is 361 Å². The lowest BCUT2D eigenvalue weighted by Gasteiger charge is -2.30. The summed E-state index contributed by atoms with van der Waals surface area (Å²) in [6, 6.07) is 79.3. The third-order valence-corrected chi connectivity index (χ3v) is 13.7. The van der Waals surface area contributed by atoms with Crippen LogP contribution in [0.5, 0.6) is 0 Å². The van der Waals surface area contributed by atoms with E-state index < -0.39 is 0 Å². The van der Waals surface area contributed by atoms with Crippen molar-refractivity contribution in [3.8, 4) is 27.9 Å². The molecule has 13 aromatic rings. The lowest BCUT2D eigenvalue weighted by atomic mass is 9.96. The SMILES string of the molecule is c1ccc(N(c2ccc3ccccc3c2)c2ccc3c(oc4ccccc43)c2-c2ccc(-n3c4ccccc4c4ccccc43)cc2)c(-c2ccc3sc4ccccc4c3c2)c1. The minimum absolute atomic E-state index is 0.864. The normalized spacial score (nSPS) is 11.9. The maximum Gasteiger partial charge on any atom is 0.145 e. The van der Waals surface area contributed by atoms with E-state index in [0.29, 0.717) is 0 Å². The quantitative estimate of drug-likeness (QED) is 0.167. The topological polar surface area (TPSA) is 21.3 Å². The van der Waals surface area contributed by atoms with Gasteiger partial charge < -0.3 is 13.9 Å². The van der Waals surface area contributed by atoms with Crippen LogP contribution in [0.3, 0.4) is 0 Å². The third-order valence-electron chi connectivity index (χ3n) is 12.6. The number of thiophene rings is 1. The van der Waals surface area contributed by atoms with E-state index in [4.69, 9.17) is 4.42 Å². The predicted octanol–water partition coefficient (Wildman–Crippen LogP) is 17.0. The van der Waals surface area contributed by atoms with Gasteiger partial charge in [0.25, 0.3) is 0 Å². The number of anilines is 3. The van der Waals surface area contributed by atoms with Crippen molar-refractivity contribution in [1.82, 2.24) is 4.57 Å². The summed E-state index contributed by atoms with van der Waals surface area (Å²) in [6.07, 6.45) is 0. The molecule has 0 spiro atoms. The second kappa shape index (κ2) is 13.8. The lowest BCUT2D eigenvalue weighted by molar-refractivity contribution is 0.670. The van der Waals surface area contributed by atoms with Gasteiger partial charge in [0.2, 0.25) is 0 Å². The van der Waals surface area contributed by atoms with Gasteiger partial charge in [0.05, 0.1) is 22.4 Å². The Hall–Kier alpha value is -7.92. The fourth-order valence-corrected chi connectivity index (χ4v) is 10.8. The molecule has 3 heterocycles. The van der Waals surface area contributed by atoms with E-state index in [1.807, 2.05) is 11.3 Å². The number of furan rings is 1. The van der Waals surface area contributed by atoms with Crippen LogP contribution in [0, 0.1) is 0 Å². The molecule has 10 aromatic carbocycles. The molecule has 0 aliphatic heterocycles. The van der Waals surface area contributed by atoms with Gasteiger partial charge in [0.15, 0.2) is 0 Å². The van der Waals surface area contributed by atoms with E-state index in [1.54, 1.807) is 0 Å². The molecule has 0 bridgehead atoms. The van der Waals surface area contributed by atoms with Crippen LogP contribution in [-0.4, -0.2) is 4.57 Å². The summed E-state index contributed by atoms with van der Waals surface area (Å²) in [6.45, 7) is 0. The minimum atomic E-state index is 0.864. The maximum absolute atomic E-state index is 6.95. The summed E-state index contributed by atoms with van der Waals surface area (Å²) in [7, 11) is 0. The first-order chi connectivity index (χ1) is 30.7. The predicted molar refractivity (Wildman–Crippen MR) is 264 cm³/mol. The van der Waals surface area contributed by atoms with Crippen LogP contribution in [0.2, 0.25) is 0 Å². The first-order valence-electron chi connectivity index (χ1n) is 21.1. The Morgan fingerprint density at radius 3 is 1.87 bits per heavy atom. The molecule has 0 fully saturated rings. The number of para-hydroxylation sites is 4. The number of benzene rings is 10. The highest BCUT2D eigenvalue weighted by molar-refractivity contribution is 7.25. The summed E-state index contributed by atoms with van der Waals surface area (Å²) < 4.78 is 11.9. The zero-order chi connectivity index (χ0) is 40.7. The molecule has 0 aliphatic rings. The average Bonchev–Trinajstić information content (AvgIpc) is 4.01. The largest absolute Gasteiger partial charge is 0.455 e. The molecular formula is C58H36N2OS. The van der Waals surface area contributed by atoms with Crippen molar-refractivity contribution in [2.24, 2.45) is 0 Å². The molecule has 13 rings (SSSR count). The van der Waals surface area contributed by atoms with E-state index in [0.717, 1.165) is 61.4 Å². The van der Waals surface area contributed by atoms with Crippen molar-refractivity contribution in [3.05, 3.63) is 218 Å². The van der Waals surface area contributed by atoms with Gasteiger partial charge in [-0.1, -0.05) is 140 Å². The lowest BCUT2D eigenvalue weighted by Crippen LogP contribution is -2.12. The minimum Gasteiger partial charge on any atom is -0.455 e. The molecule has 0 aliphatic carbocycles. The average molecular weight is 809 g/mol. The molecule has 0 atom stereocenters. The van der Waals surface area contributed by atoms with Crippen LogP contribution in [0.25, 0.3) is 103 Å². The van der Waals surface area contributed by atoms with Crippen LogP contribution in [0.1, 0.15) is 0 Å². The Kier molecular flexibility index (Phi) is 7.78. The van der Waals surface area contributed by atoms with Gasteiger partial charge in [-0.15, -0.1) is 11.3 Å². The molecule has 290 valence electrons. The molecule has 0 N–H and O–H groups in total. The zero-order valence-corrected chi connectivity index (χ0v) is 34.3. The van der Waals surface area contributed by atoms with Gasteiger partial charge >= 0.3 is 0 Å². The Morgan fingerprint density at radius 1 is 0.403 bits per heavy atom. The van der Waals surface area contributed by atoms with Crippen LogP contribution in [-0.2, 0) is 0 Å². The summed E-state index contributed by atoms with van der Waals surface area (Å²) in [5.41, 5.74) is 12.8. The van der Waals surface area contributed by atoms with Crippen molar-refractivity contribution in [1.29, 1.82) is 0 Å². The number of nitrogens with zero attached hydrogens (tertiary/aromatic N) is 2. The Morgan fingerprint density at radius 2 is 1.05 bits per heavy atom. The van der Waals surface area contributed by atoms with E-state index in [-0.39, 0.29) is 0 Å². The van der Waals surface area contributed by atoms with E-state index >= 15 is 0 Å². The van der Waals surface area contributed by atoms with E-state index in [1.165, 1.54) is 58.3 Å². The van der Waals surface area contributed by atoms with Gasteiger partial charge in [0, 0.05) is 64.2 Å². The highest BCUT2D eigenvalue weighted by Gasteiger charge is 2.25. The van der Waals surface area contributed by atoms with Crippen LogP contribution < -0.4 is 4.90 Å². The number of aromatic nitrogens is 1. The molecule has 62 heavy (non-hydrogen) atoms. The Balaban J connectivity index is 1.07. The number of hydrogen-bond donors (Lipinski definition) is 0. The van der Waals surface area contributed by atoms with Crippen LogP contribution in [0.15, 0.2) is 223 Å². The maximum atomic E-state index is 6.95. The molecular weight excluding hydrogens is 773 g/mol. The molecule has 0 unspecified atom stereocenters. The van der Waals surface area contributed by atoms with Crippen molar-refractivity contribution < 1.29 is 4.42 Å². The van der Waals surface area contributed by atoms with Gasteiger partial charge in [-0.3, -0.25) is 0 Å². The fraction of sp³-hybridized carbons (Fsp3) is 0. The standard InChI is InChI=1S/C58H36N2OS/c1-2-14-39-35-42(31-25-37(39)13-1)60(50-20-8-3-15-43(50)40-28-34-56-49(36-40)47-19-7-12-24-55(47)62-56)53-33-32-48-46-18-6-11-23-54(46)61-58(48)57(53)38-26-29-41(30-27-38)59-51-21-9-4-16-44(51)45-17-5-10-22-52(45)59/h1-36H. The summed E-state index contributed by atoms with van der Waals surface area (Å²) in [4.78, 5) is 2.44. The highest BCUT2D eigenvalue weighted by Crippen LogP contribution is 2.50. The summed E-state index contributed by atoms with van der Waals surface area (Å²) in [5.74, 6) is 0. The second-order valence-corrected chi connectivity index (χ2v) is 17.1. The Bertz CT molecular complexity index is 3830. The molecule has 0 radical (unpaired) electrons. The summed E-state index contributed by atoms with van der Waals surface area (Å²) >= 11 is 1.85. The van der Waals surface area contributed by atoms with E-state index in [9.17, 15) is 0 Å². The second-order valence-electron chi connectivity index (χ2n) is 16.0. The molecule has 3 aromatic heterocycles. The first-order valence-corrected chi connectivity index (χ1v) is 21.9. The van der Waals surface area contributed by atoms with Crippen LogP contribution in [0.4, 0.5) is 17.1 Å². The molecule has 4 heteroatoms. The van der Waals surface area contributed by atoms with E-state index in [2.05, 4.69) is 228 Å². The third kappa shape index (κ3) is 5.37. The van der Waals surface area contributed by atoms with Gasteiger partial charge in [0.1, 0.15) is 11.2 Å². The van der Waals surface area contributed by atoms with Gasteiger partial charge in [-0.05, 0) is 101 Å². The summed E-state index contributed by atoms with van der Waals surface area (Å²) in [5, 5.41) is 9.64. The van der Waals surface area contributed by atoms with Crippen molar-refractivity contribution in [2.45, 2.75) is 0 Å². The van der Waals surface area contributed by atoms with Gasteiger partial charge in [-0.25, -0.2) is 0 Å². The smallest absolute Gasteiger partial charge is 0.145 e. The highest BCUT2D eigenvalue weighted by atomic mass is 32.1. The van der Waals surface area contributed by atoms with Gasteiger partial charge in [-0.2, -0.15) is 0 Å². The van der Waals surface area contributed by atoms with Crippen molar-refractivity contribution in [3.63, 3.8) is 0 Å². The number of hydrogen-bond acceptors (Lipinski definition) is 3. The monoisotopic (exact) mass is 808 g/mol.